The molecule has 2 heterocycles. The van der Waals surface area contributed by atoms with Gasteiger partial charge in [-0.3, -0.25) is 9.59 Å². The molecular formula is C21H22FN3O3. The van der Waals surface area contributed by atoms with E-state index in [0.29, 0.717) is 23.1 Å². The van der Waals surface area contributed by atoms with Gasteiger partial charge in [0.2, 0.25) is 0 Å². The van der Waals surface area contributed by atoms with Crippen molar-refractivity contribution in [3.63, 3.8) is 0 Å². The number of nitrogens with zero attached hydrogens (tertiary/aromatic N) is 1. The van der Waals surface area contributed by atoms with Crippen molar-refractivity contribution in [2.24, 2.45) is 11.8 Å². The van der Waals surface area contributed by atoms with Gasteiger partial charge in [-0.05, 0) is 36.1 Å². The first kappa shape index (κ1) is 18.4. The summed E-state index contributed by atoms with van der Waals surface area (Å²) in [5, 5.41) is 5.83. The lowest BCUT2D eigenvalue weighted by Crippen LogP contribution is -2.32. The van der Waals surface area contributed by atoms with E-state index in [1.165, 1.54) is 12.1 Å². The Kier molecular flexibility index (Phi) is 5.25. The summed E-state index contributed by atoms with van der Waals surface area (Å²) < 4.78 is 19.2. The fraction of sp³-hybridized carbons (Fsp3) is 0.333. The van der Waals surface area contributed by atoms with Crippen LogP contribution in [-0.2, 0) is 4.79 Å². The average molecular weight is 383 g/mol. The minimum atomic E-state index is -0.513. The Balaban J connectivity index is 1.40. The van der Waals surface area contributed by atoms with E-state index in [2.05, 4.69) is 10.6 Å². The maximum absolute atomic E-state index is 13.6. The van der Waals surface area contributed by atoms with E-state index < -0.39 is 11.7 Å². The van der Waals surface area contributed by atoms with Crippen molar-refractivity contribution in [3.8, 4) is 5.75 Å². The normalized spacial score (nSPS) is 20.7. The van der Waals surface area contributed by atoms with Crippen LogP contribution in [0.15, 0.2) is 48.5 Å². The summed E-state index contributed by atoms with van der Waals surface area (Å²) in [4.78, 5) is 26.9. The molecule has 2 aromatic rings. The Morgan fingerprint density at radius 3 is 2.50 bits per heavy atom. The molecule has 0 spiro atoms. The van der Waals surface area contributed by atoms with E-state index in [-0.39, 0.29) is 18.2 Å². The number of carbonyl (C=O) groups is 2. The number of carbonyl (C=O) groups excluding carboxylic acids is 2. The number of fused-ring (bicyclic) bond motifs is 1. The molecule has 28 heavy (non-hydrogen) atoms. The summed E-state index contributed by atoms with van der Waals surface area (Å²) >= 11 is 0. The van der Waals surface area contributed by atoms with Gasteiger partial charge in [0.15, 0.2) is 6.61 Å². The molecule has 0 aromatic heterocycles. The van der Waals surface area contributed by atoms with Crippen LogP contribution in [0.1, 0.15) is 10.4 Å². The fourth-order valence-corrected chi connectivity index (χ4v) is 3.85. The number of anilines is 1. The van der Waals surface area contributed by atoms with Crippen molar-refractivity contribution in [2.75, 3.05) is 38.1 Å². The van der Waals surface area contributed by atoms with Gasteiger partial charge in [0, 0.05) is 26.2 Å². The molecule has 2 aromatic carbocycles. The highest BCUT2D eigenvalue weighted by Crippen LogP contribution is 2.29. The Labute approximate surface area is 162 Å². The fourth-order valence-electron chi connectivity index (χ4n) is 3.85. The Morgan fingerprint density at radius 2 is 1.75 bits per heavy atom. The van der Waals surface area contributed by atoms with E-state index in [0.717, 1.165) is 26.2 Å². The van der Waals surface area contributed by atoms with E-state index in [1.807, 2.05) is 4.90 Å². The number of halogens is 1. The van der Waals surface area contributed by atoms with Gasteiger partial charge in [-0.25, -0.2) is 4.39 Å². The van der Waals surface area contributed by atoms with Crippen LogP contribution in [0.4, 0.5) is 10.1 Å². The highest BCUT2D eigenvalue weighted by atomic mass is 19.1. The monoisotopic (exact) mass is 383 g/mol. The second-order valence-corrected chi connectivity index (χ2v) is 7.20. The summed E-state index contributed by atoms with van der Waals surface area (Å²) in [6, 6.07) is 12.8. The van der Waals surface area contributed by atoms with Crippen LogP contribution in [0.3, 0.4) is 0 Å². The van der Waals surface area contributed by atoms with Crippen molar-refractivity contribution in [2.45, 2.75) is 0 Å². The number of hydrogen-bond acceptors (Lipinski definition) is 4. The summed E-state index contributed by atoms with van der Waals surface area (Å²) in [6.45, 7) is 3.05. The quantitative estimate of drug-likeness (QED) is 0.830. The molecule has 2 amide bonds. The van der Waals surface area contributed by atoms with E-state index in [1.54, 1.807) is 36.4 Å². The molecule has 0 bridgehead atoms. The minimum Gasteiger partial charge on any atom is -0.483 e. The molecule has 0 radical (unpaired) electrons. The average Bonchev–Trinajstić information content (AvgIpc) is 3.30. The van der Waals surface area contributed by atoms with Crippen LogP contribution in [0.5, 0.6) is 5.75 Å². The van der Waals surface area contributed by atoms with E-state index >= 15 is 0 Å². The van der Waals surface area contributed by atoms with Gasteiger partial charge in [0.05, 0.1) is 11.3 Å². The number of para-hydroxylation sites is 2. The lowest BCUT2D eigenvalue weighted by atomic mass is 10.0. The van der Waals surface area contributed by atoms with Crippen LogP contribution in [0.2, 0.25) is 0 Å². The Bertz CT molecular complexity index is 877. The standard InChI is InChI=1S/C21H22FN3O3/c22-17-6-2-3-7-18(17)24-20(26)13-28-19-8-4-1-5-16(19)21(27)25-11-14-9-23-10-15(14)12-25/h1-8,14-15,23H,9-13H2,(H,24,26)/t14-,15+. The predicted molar refractivity (Wildman–Crippen MR) is 103 cm³/mol. The third-order valence-electron chi connectivity index (χ3n) is 5.30. The minimum absolute atomic E-state index is 0.0838. The number of hydrogen-bond donors (Lipinski definition) is 2. The molecule has 2 N–H and O–H groups in total. The summed E-state index contributed by atoms with van der Waals surface area (Å²) in [5.74, 6) is 0.271. The molecule has 0 saturated carbocycles. The topological polar surface area (TPSA) is 70.7 Å². The van der Waals surface area contributed by atoms with Gasteiger partial charge in [0.25, 0.3) is 11.8 Å². The maximum atomic E-state index is 13.6. The van der Waals surface area contributed by atoms with E-state index in [4.69, 9.17) is 4.74 Å². The molecule has 2 atom stereocenters. The van der Waals surface area contributed by atoms with Gasteiger partial charge in [-0.15, -0.1) is 0 Å². The molecular weight excluding hydrogens is 361 g/mol. The zero-order valence-electron chi connectivity index (χ0n) is 15.4. The van der Waals surface area contributed by atoms with Gasteiger partial charge in [-0.2, -0.15) is 0 Å². The maximum Gasteiger partial charge on any atom is 0.262 e. The van der Waals surface area contributed by atoms with Crippen molar-refractivity contribution in [3.05, 3.63) is 59.9 Å². The number of benzene rings is 2. The number of rotatable bonds is 5. The first-order chi connectivity index (χ1) is 13.6. The number of ether oxygens (including phenoxy) is 1. The van der Waals surface area contributed by atoms with Crippen molar-refractivity contribution >= 4 is 17.5 Å². The van der Waals surface area contributed by atoms with Crippen LogP contribution >= 0.6 is 0 Å². The molecule has 2 saturated heterocycles. The van der Waals surface area contributed by atoms with Crippen LogP contribution in [0.25, 0.3) is 0 Å². The van der Waals surface area contributed by atoms with Gasteiger partial charge < -0.3 is 20.3 Å². The zero-order chi connectivity index (χ0) is 19.5. The van der Waals surface area contributed by atoms with Gasteiger partial charge in [0.1, 0.15) is 11.6 Å². The molecule has 4 rings (SSSR count). The van der Waals surface area contributed by atoms with E-state index in [9.17, 15) is 14.0 Å². The van der Waals surface area contributed by atoms with Crippen molar-refractivity contribution in [1.29, 1.82) is 0 Å². The highest BCUT2D eigenvalue weighted by molar-refractivity contribution is 5.97. The predicted octanol–water partition coefficient (Wildman–Crippen LogP) is 2.13. The summed E-state index contributed by atoms with van der Waals surface area (Å²) in [6.07, 6.45) is 0. The van der Waals surface area contributed by atoms with Crippen LogP contribution in [-0.4, -0.2) is 49.5 Å². The molecule has 2 aliphatic heterocycles. The first-order valence-corrected chi connectivity index (χ1v) is 9.38. The van der Waals surface area contributed by atoms with Gasteiger partial charge >= 0.3 is 0 Å². The second kappa shape index (κ2) is 7.98. The molecule has 2 fully saturated rings. The zero-order valence-corrected chi connectivity index (χ0v) is 15.4. The highest BCUT2D eigenvalue weighted by Gasteiger charge is 2.38. The number of likely N-dealkylation sites (tertiary alicyclic amines) is 1. The van der Waals surface area contributed by atoms with Crippen molar-refractivity contribution < 1.29 is 18.7 Å². The number of nitrogens with one attached hydrogen (secondary N) is 2. The smallest absolute Gasteiger partial charge is 0.262 e. The lowest BCUT2D eigenvalue weighted by Gasteiger charge is -2.19. The molecule has 2 aliphatic rings. The van der Waals surface area contributed by atoms with Crippen LogP contribution in [0, 0.1) is 17.7 Å². The lowest BCUT2D eigenvalue weighted by molar-refractivity contribution is -0.118. The molecule has 146 valence electrons. The largest absolute Gasteiger partial charge is 0.483 e. The molecule has 6 nitrogen and oxygen atoms in total. The molecule has 0 aliphatic carbocycles. The van der Waals surface area contributed by atoms with Gasteiger partial charge in [-0.1, -0.05) is 24.3 Å². The number of amides is 2. The summed E-state index contributed by atoms with van der Waals surface area (Å²) in [5.41, 5.74) is 0.534. The Morgan fingerprint density at radius 1 is 1.07 bits per heavy atom. The SMILES string of the molecule is O=C(COc1ccccc1C(=O)N1C[C@H]2CNC[C@H]2C1)Nc1ccccc1F. The molecule has 0 unspecified atom stereocenters. The molecule has 7 heteroatoms. The second-order valence-electron chi connectivity index (χ2n) is 7.20. The van der Waals surface area contributed by atoms with Crippen molar-refractivity contribution in [1.82, 2.24) is 10.2 Å². The first-order valence-electron chi connectivity index (χ1n) is 9.38. The third-order valence-corrected chi connectivity index (χ3v) is 5.30. The Hall–Kier alpha value is -2.93. The van der Waals surface area contributed by atoms with Crippen LogP contribution < -0.4 is 15.4 Å². The summed E-state index contributed by atoms with van der Waals surface area (Å²) in [7, 11) is 0. The third kappa shape index (κ3) is 3.84.